The van der Waals surface area contributed by atoms with Crippen LogP contribution in [0.1, 0.15) is 78.1 Å². The molecule has 1 saturated carbocycles. The van der Waals surface area contributed by atoms with Crippen molar-refractivity contribution in [2.45, 2.75) is 78.1 Å². The second-order valence-electron chi connectivity index (χ2n) is 6.61. The van der Waals surface area contributed by atoms with Gasteiger partial charge in [-0.3, -0.25) is 9.59 Å². The molecular formula is C18H32O4. The van der Waals surface area contributed by atoms with Gasteiger partial charge in [0.1, 0.15) is 0 Å². The Hall–Kier alpha value is -1.06. The van der Waals surface area contributed by atoms with Crippen LogP contribution in [0.2, 0.25) is 0 Å². The summed E-state index contributed by atoms with van der Waals surface area (Å²) >= 11 is 0. The lowest BCUT2D eigenvalue weighted by atomic mass is 9.82. The van der Waals surface area contributed by atoms with E-state index < -0.39 is 5.97 Å². The van der Waals surface area contributed by atoms with E-state index in [1.807, 2.05) is 0 Å². The van der Waals surface area contributed by atoms with Crippen LogP contribution in [0.15, 0.2) is 0 Å². The maximum absolute atomic E-state index is 12.0. The molecule has 0 aromatic heterocycles. The first-order valence-electron chi connectivity index (χ1n) is 8.97. The number of hydrogen-bond acceptors (Lipinski definition) is 3. The zero-order chi connectivity index (χ0) is 16.4. The first kappa shape index (κ1) is 19.0. The van der Waals surface area contributed by atoms with Crippen LogP contribution in [0.25, 0.3) is 0 Å². The van der Waals surface area contributed by atoms with E-state index >= 15 is 0 Å². The number of rotatable bonds is 10. The molecule has 1 atom stereocenters. The molecular weight excluding hydrogens is 280 g/mol. The predicted molar refractivity (Wildman–Crippen MR) is 86.6 cm³/mol. The number of hydrogen-bond donors (Lipinski definition) is 1. The molecule has 4 nitrogen and oxygen atoms in total. The largest absolute Gasteiger partial charge is 0.481 e. The standard InChI is InChI=1S/C18H32O4/c1-3-5-7-14(4-2)8-6-13-22-18(21)16-11-9-15(10-12-16)17(19)20/h14-16H,3-13H2,1-2H3,(H,19,20). The number of carbonyl (C=O) groups excluding carboxylic acids is 1. The fraction of sp³-hybridized carbons (Fsp3) is 0.889. The Labute approximate surface area is 134 Å². The maximum Gasteiger partial charge on any atom is 0.308 e. The van der Waals surface area contributed by atoms with Crippen LogP contribution in [0.3, 0.4) is 0 Å². The average Bonchev–Trinajstić information content (AvgIpc) is 2.54. The van der Waals surface area contributed by atoms with E-state index in [1.54, 1.807) is 0 Å². The van der Waals surface area contributed by atoms with Gasteiger partial charge in [-0.15, -0.1) is 0 Å². The van der Waals surface area contributed by atoms with Crippen molar-refractivity contribution in [3.63, 3.8) is 0 Å². The summed E-state index contributed by atoms with van der Waals surface area (Å²) in [5.74, 6) is -0.454. The van der Waals surface area contributed by atoms with E-state index in [4.69, 9.17) is 9.84 Å². The third kappa shape index (κ3) is 6.80. The van der Waals surface area contributed by atoms with Gasteiger partial charge in [0.05, 0.1) is 18.4 Å². The highest BCUT2D eigenvalue weighted by molar-refractivity contribution is 5.74. The highest BCUT2D eigenvalue weighted by Crippen LogP contribution is 2.29. The van der Waals surface area contributed by atoms with Crippen LogP contribution in [-0.4, -0.2) is 23.7 Å². The van der Waals surface area contributed by atoms with Gasteiger partial charge < -0.3 is 9.84 Å². The first-order valence-corrected chi connectivity index (χ1v) is 8.97. The van der Waals surface area contributed by atoms with Gasteiger partial charge in [-0.2, -0.15) is 0 Å². The first-order chi connectivity index (χ1) is 10.6. The molecule has 1 N–H and O–H groups in total. The number of ether oxygens (including phenoxy) is 1. The van der Waals surface area contributed by atoms with Crippen LogP contribution < -0.4 is 0 Å². The highest BCUT2D eigenvalue weighted by Gasteiger charge is 2.30. The van der Waals surface area contributed by atoms with E-state index in [0.29, 0.717) is 32.3 Å². The van der Waals surface area contributed by atoms with Crippen molar-refractivity contribution in [2.75, 3.05) is 6.61 Å². The van der Waals surface area contributed by atoms with Crippen LogP contribution in [0.4, 0.5) is 0 Å². The summed E-state index contributed by atoms with van der Waals surface area (Å²) in [5.41, 5.74) is 0. The number of carboxylic acids is 1. The maximum atomic E-state index is 12.0. The third-order valence-corrected chi connectivity index (χ3v) is 4.95. The van der Waals surface area contributed by atoms with E-state index in [1.165, 1.54) is 25.7 Å². The van der Waals surface area contributed by atoms with Crippen LogP contribution >= 0.6 is 0 Å². The number of carboxylic acid groups (broad SMARTS) is 1. The second kappa shape index (κ2) is 10.6. The summed E-state index contributed by atoms with van der Waals surface area (Å²) in [6.07, 6.45) is 9.60. The lowest BCUT2D eigenvalue weighted by molar-refractivity contribution is -0.152. The molecule has 0 saturated heterocycles. The molecule has 0 amide bonds. The molecule has 0 radical (unpaired) electrons. The summed E-state index contributed by atoms with van der Waals surface area (Å²) in [5, 5.41) is 8.96. The quantitative estimate of drug-likeness (QED) is 0.479. The summed E-state index contributed by atoms with van der Waals surface area (Å²) in [4.78, 5) is 22.9. The molecule has 0 bridgehead atoms. The fourth-order valence-corrected chi connectivity index (χ4v) is 3.28. The zero-order valence-corrected chi connectivity index (χ0v) is 14.2. The molecule has 0 aromatic carbocycles. The van der Waals surface area contributed by atoms with Gasteiger partial charge in [-0.25, -0.2) is 0 Å². The normalized spacial score (nSPS) is 23.0. The molecule has 1 aliphatic rings. The van der Waals surface area contributed by atoms with Gasteiger partial charge >= 0.3 is 11.9 Å². The van der Waals surface area contributed by atoms with Crippen molar-refractivity contribution in [3.8, 4) is 0 Å². The van der Waals surface area contributed by atoms with Crippen molar-refractivity contribution < 1.29 is 19.4 Å². The van der Waals surface area contributed by atoms with Crippen LogP contribution in [-0.2, 0) is 14.3 Å². The molecule has 0 aliphatic heterocycles. The minimum Gasteiger partial charge on any atom is -0.481 e. The third-order valence-electron chi connectivity index (χ3n) is 4.95. The number of unbranched alkanes of at least 4 members (excludes halogenated alkanes) is 1. The molecule has 4 heteroatoms. The Balaban J connectivity index is 2.14. The van der Waals surface area contributed by atoms with E-state index in [-0.39, 0.29) is 17.8 Å². The molecule has 1 fully saturated rings. The van der Waals surface area contributed by atoms with E-state index in [2.05, 4.69) is 13.8 Å². The minimum atomic E-state index is -0.732. The zero-order valence-electron chi connectivity index (χ0n) is 14.2. The van der Waals surface area contributed by atoms with Gasteiger partial charge in [-0.05, 0) is 44.4 Å². The van der Waals surface area contributed by atoms with Crippen molar-refractivity contribution in [1.29, 1.82) is 0 Å². The lowest BCUT2D eigenvalue weighted by Crippen LogP contribution is -2.27. The molecule has 1 rings (SSSR count). The molecule has 0 heterocycles. The average molecular weight is 312 g/mol. The summed E-state index contributed by atoms with van der Waals surface area (Å²) in [6.45, 7) is 4.96. The van der Waals surface area contributed by atoms with Gasteiger partial charge in [0.15, 0.2) is 0 Å². The van der Waals surface area contributed by atoms with Crippen molar-refractivity contribution >= 4 is 11.9 Å². The predicted octanol–water partition coefficient (Wildman–Crippen LogP) is 4.42. The summed E-state index contributed by atoms with van der Waals surface area (Å²) in [6, 6.07) is 0. The Kier molecular flexibility index (Phi) is 9.17. The topological polar surface area (TPSA) is 63.6 Å². The van der Waals surface area contributed by atoms with Gasteiger partial charge in [0.25, 0.3) is 0 Å². The second-order valence-corrected chi connectivity index (χ2v) is 6.61. The van der Waals surface area contributed by atoms with Gasteiger partial charge in [-0.1, -0.05) is 39.5 Å². The molecule has 22 heavy (non-hydrogen) atoms. The van der Waals surface area contributed by atoms with Gasteiger partial charge in [0, 0.05) is 0 Å². The number of aliphatic carboxylic acids is 1. The monoisotopic (exact) mass is 312 g/mol. The Morgan fingerprint density at radius 2 is 1.64 bits per heavy atom. The molecule has 0 aromatic rings. The molecule has 1 aliphatic carbocycles. The Bertz CT molecular complexity index is 332. The van der Waals surface area contributed by atoms with Crippen molar-refractivity contribution in [3.05, 3.63) is 0 Å². The smallest absolute Gasteiger partial charge is 0.308 e. The van der Waals surface area contributed by atoms with Gasteiger partial charge in [0.2, 0.25) is 0 Å². The fourth-order valence-electron chi connectivity index (χ4n) is 3.28. The van der Waals surface area contributed by atoms with Crippen LogP contribution in [0, 0.1) is 17.8 Å². The number of carbonyl (C=O) groups is 2. The Morgan fingerprint density at radius 1 is 1.05 bits per heavy atom. The molecule has 128 valence electrons. The molecule has 1 unspecified atom stereocenters. The number of esters is 1. The summed E-state index contributed by atoms with van der Waals surface area (Å²) < 4.78 is 5.39. The molecule has 0 spiro atoms. The van der Waals surface area contributed by atoms with Crippen LogP contribution in [0.5, 0.6) is 0 Å². The lowest BCUT2D eigenvalue weighted by Gasteiger charge is -2.24. The van der Waals surface area contributed by atoms with E-state index in [9.17, 15) is 9.59 Å². The highest BCUT2D eigenvalue weighted by atomic mass is 16.5. The Morgan fingerprint density at radius 3 is 2.18 bits per heavy atom. The van der Waals surface area contributed by atoms with Crippen molar-refractivity contribution in [2.24, 2.45) is 17.8 Å². The summed E-state index contributed by atoms with van der Waals surface area (Å²) in [7, 11) is 0. The van der Waals surface area contributed by atoms with Crippen molar-refractivity contribution in [1.82, 2.24) is 0 Å². The van der Waals surface area contributed by atoms with E-state index in [0.717, 1.165) is 18.8 Å². The minimum absolute atomic E-state index is 0.0855. The SMILES string of the molecule is CCCCC(CC)CCCOC(=O)C1CCC(C(=O)O)CC1.